The van der Waals surface area contributed by atoms with E-state index in [1.54, 1.807) is 0 Å². The number of nitrogens with one attached hydrogen (secondary N) is 1. The Morgan fingerprint density at radius 3 is 2.91 bits per heavy atom. The summed E-state index contributed by atoms with van der Waals surface area (Å²) < 4.78 is 5.20. The summed E-state index contributed by atoms with van der Waals surface area (Å²) in [6.07, 6.45) is 3.12. The maximum atomic E-state index is 10.7. The van der Waals surface area contributed by atoms with Gasteiger partial charge in [-0.25, -0.2) is 0 Å². The number of carbonyl (C=O) groups is 1. The van der Waals surface area contributed by atoms with Crippen molar-refractivity contribution < 1.29 is 9.53 Å². The lowest BCUT2D eigenvalue weighted by atomic mass is 10.5. The van der Waals surface area contributed by atoms with Crippen molar-refractivity contribution in [3.05, 3.63) is 0 Å². The largest absolute Gasteiger partial charge is 0.361 e. The molecule has 0 aliphatic heterocycles. The van der Waals surface area contributed by atoms with Crippen molar-refractivity contribution in [3.8, 4) is 0 Å². The fourth-order valence-corrected chi connectivity index (χ4v) is 0.767. The van der Waals surface area contributed by atoms with Gasteiger partial charge in [0.05, 0.1) is 6.61 Å². The molecule has 0 aromatic carbocycles. The second-order valence-electron chi connectivity index (χ2n) is 2.91. The van der Waals surface area contributed by atoms with Crippen molar-refractivity contribution in [2.24, 2.45) is 5.92 Å². The van der Waals surface area contributed by atoms with Gasteiger partial charge in [0.2, 0.25) is 5.91 Å². The molecule has 0 atom stereocenters. The van der Waals surface area contributed by atoms with Crippen LogP contribution in [0.25, 0.3) is 0 Å². The molecule has 11 heavy (non-hydrogen) atoms. The van der Waals surface area contributed by atoms with Gasteiger partial charge in [-0.05, 0) is 18.8 Å². The van der Waals surface area contributed by atoms with Crippen molar-refractivity contribution >= 4 is 5.91 Å². The van der Waals surface area contributed by atoms with Gasteiger partial charge in [0.15, 0.2) is 0 Å². The molecule has 3 nitrogen and oxygen atoms in total. The molecule has 0 radical (unpaired) electrons. The van der Waals surface area contributed by atoms with Gasteiger partial charge in [-0.2, -0.15) is 0 Å². The third-order valence-electron chi connectivity index (χ3n) is 1.74. The van der Waals surface area contributed by atoms with Crippen molar-refractivity contribution in [1.82, 2.24) is 5.32 Å². The standard InChI is InChI=1S/C8H15NO2/c1-2-8(10)9-6-11-5-7-3-4-7/h7H,2-6H2,1H3,(H,9,10). The van der Waals surface area contributed by atoms with Crippen molar-refractivity contribution in [2.75, 3.05) is 13.3 Å². The molecule has 0 heterocycles. The van der Waals surface area contributed by atoms with Crippen LogP contribution in [0.1, 0.15) is 26.2 Å². The topological polar surface area (TPSA) is 38.3 Å². The van der Waals surface area contributed by atoms with E-state index in [1.807, 2.05) is 6.92 Å². The zero-order valence-corrected chi connectivity index (χ0v) is 6.93. The summed E-state index contributed by atoms with van der Waals surface area (Å²) in [6.45, 7) is 3.02. The molecule has 3 heteroatoms. The first-order chi connectivity index (χ1) is 5.33. The van der Waals surface area contributed by atoms with E-state index in [-0.39, 0.29) is 5.91 Å². The van der Waals surface area contributed by atoms with E-state index in [4.69, 9.17) is 4.74 Å². The SMILES string of the molecule is CCC(=O)NCOCC1CC1. The van der Waals surface area contributed by atoms with Crippen LogP contribution in [0, 0.1) is 5.92 Å². The van der Waals surface area contributed by atoms with E-state index < -0.39 is 0 Å². The van der Waals surface area contributed by atoms with Gasteiger partial charge >= 0.3 is 0 Å². The third kappa shape index (κ3) is 3.98. The monoisotopic (exact) mass is 157 g/mol. The second-order valence-corrected chi connectivity index (χ2v) is 2.91. The predicted molar refractivity (Wildman–Crippen MR) is 42.0 cm³/mol. The van der Waals surface area contributed by atoms with Crippen LogP contribution in [0.3, 0.4) is 0 Å². The van der Waals surface area contributed by atoms with E-state index in [0.29, 0.717) is 13.2 Å². The number of ether oxygens (including phenoxy) is 1. The summed E-state index contributed by atoms with van der Waals surface area (Å²) in [7, 11) is 0. The number of hydrogen-bond acceptors (Lipinski definition) is 2. The van der Waals surface area contributed by atoms with Crippen LogP contribution in [0.2, 0.25) is 0 Å². The summed E-state index contributed by atoms with van der Waals surface area (Å²) in [5.41, 5.74) is 0. The normalized spacial score (nSPS) is 16.5. The molecule has 0 spiro atoms. The highest BCUT2D eigenvalue weighted by Gasteiger charge is 2.20. The Bertz CT molecular complexity index is 132. The lowest BCUT2D eigenvalue weighted by Crippen LogP contribution is -2.25. The van der Waals surface area contributed by atoms with Crippen molar-refractivity contribution in [2.45, 2.75) is 26.2 Å². The first kappa shape index (κ1) is 8.53. The first-order valence-corrected chi connectivity index (χ1v) is 4.17. The van der Waals surface area contributed by atoms with Crippen LogP contribution in [-0.4, -0.2) is 19.2 Å². The Morgan fingerprint density at radius 2 is 2.36 bits per heavy atom. The highest BCUT2D eigenvalue weighted by molar-refractivity contribution is 5.75. The highest BCUT2D eigenvalue weighted by atomic mass is 16.5. The van der Waals surface area contributed by atoms with Crippen LogP contribution in [0.4, 0.5) is 0 Å². The molecule has 1 aliphatic carbocycles. The third-order valence-corrected chi connectivity index (χ3v) is 1.74. The van der Waals surface area contributed by atoms with Crippen LogP contribution in [0.15, 0.2) is 0 Å². The summed E-state index contributed by atoms with van der Waals surface area (Å²) >= 11 is 0. The molecule has 0 bridgehead atoms. The van der Waals surface area contributed by atoms with E-state index in [0.717, 1.165) is 12.5 Å². The Hall–Kier alpha value is -0.570. The van der Waals surface area contributed by atoms with Gasteiger partial charge in [-0.15, -0.1) is 0 Å². The summed E-state index contributed by atoms with van der Waals surface area (Å²) in [6, 6.07) is 0. The first-order valence-electron chi connectivity index (χ1n) is 4.17. The number of rotatable bonds is 5. The van der Waals surface area contributed by atoms with Crippen LogP contribution < -0.4 is 5.32 Å². The molecule has 1 aliphatic rings. The minimum absolute atomic E-state index is 0.0563. The molecule has 1 amide bonds. The molecular formula is C8H15NO2. The Labute approximate surface area is 67.1 Å². The van der Waals surface area contributed by atoms with Gasteiger partial charge in [0.25, 0.3) is 0 Å². The average Bonchev–Trinajstić information content (AvgIpc) is 2.81. The summed E-state index contributed by atoms with van der Waals surface area (Å²) in [4.78, 5) is 10.7. The molecule has 1 rings (SSSR count). The number of amides is 1. The van der Waals surface area contributed by atoms with Crippen molar-refractivity contribution in [3.63, 3.8) is 0 Å². The minimum atomic E-state index is 0.0563. The van der Waals surface area contributed by atoms with Gasteiger partial charge in [0, 0.05) is 6.42 Å². The smallest absolute Gasteiger partial charge is 0.221 e. The highest BCUT2D eigenvalue weighted by Crippen LogP contribution is 2.28. The lowest BCUT2D eigenvalue weighted by molar-refractivity contribution is -0.122. The number of hydrogen-bond donors (Lipinski definition) is 1. The summed E-state index contributed by atoms with van der Waals surface area (Å²) in [5.74, 6) is 0.828. The molecule has 64 valence electrons. The van der Waals surface area contributed by atoms with E-state index >= 15 is 0 Å². The van der Waals surface area contributed by atoms with E-state index in [1.165, 1.54) is 12.8 Å². The van der Waals surface area contributed by atoms with Crippen LogP contribution >= 0.6 is 0 Å². The average molecular weight is 157 g/mol. The van der Waals surface area contributed by atoms with Gasteiger partial charge in [-0.3, -0.25) is 4.79 Å². The molecule has 0 aromatic heterocycles. The quantitative estimate of drug-likeness (QED) is 0.475. The molecule has 0 unspecified atom stereocenters. The van der Waals surface area contributed by atoms with Crippen LogP contribution in [-0.2, 0) is 9.53 Å². The predicted octanol–water partition coefficient (Wildman–Crippen LogP) is 0.897. The van der Waals surface area contributed by atoms with Gasteiger partial charge in [0.1, 0.15) is 6.73 Å². The van der Waals surface area contributed by atoms with E-state index in [9.17, 15) is 4.79 Å². The van der Waals surface area contributed by atoms with Gasteiger partial charge < -0.3 is 10.1 Å². The Kier molecular flexibility index (Phi) is 3.36. The molecule has 1 saturated carbocycles. The Balaban J connectivity index is 1.82. The second kappa shape index (κ2) is 4.34. The Morgan fingerprint density at radius 1 is 1.64 bits per heavy atom. The van der Waals surface area contributed by atoms with Gasteiger partial charge in [-0.1, -0.05) is 6.92 Å². The maximum Gasteiger partial charge on any atom is 0.221 e. The lowest BCUT2D eigenvalue weighted by Gasteiger charge is -2.03. The molecule has 0 aromatic rings. The molecular weight excluding hydrogens is 142 g/mol. The van der Waals surface area contributed by atoms with Crippen LogP contribution in [0.5, 0.6) is 0 Å². The molecule has 1 fully saturated rings. The fraction of sp³-hybridized carbons (Fsp3) is 0.875. The fourth-order valence-electron chi connectivity index (χ4n) is 0.767. The van der Waals surface area contributed by atoms with E-state index in [2.05, 4.69) is 5.32 Å². The molecule has 0 saturated heterocycles. The maximum absolute atomic E-state index is 10.7. The zero-order chi connectivity index (χ0) is 8.10. The molecule has 1 N–H and O–H groups in total. The van der Waals surface area contributed by atoms with Crippen molar-refractivity contribution in [1.29, 1.82) is 0 Å². The zero-order valence-electron chi connectivity index (χ0n) is 6.93. The minimum Gasteiger partial charge on any atom is -0.361 e. The number of carbonyl (C=O) groups excluding carboxylic acids is 1. The summed E-state index contributed by atoms with van der Waals surface area (Å²) in [5, 5.41) is 2.65.